The second kappa shape index (κ2) is 8.05. The quantitative estimate of drug-likeness (QED) is 0.809. The van der Waals surface area contributed by atoms with Gasteiger partial charge >= 0.3 is 0 Å². The number of amides is 1. The van der Waals surface area contributed by atoms with Gasteiger partial charge in [-0.2, -0.15) is 0 Å². The molecule has 20 heavy (non-hydrogen) atoms. The lowest BCUT2D eigenvalue weighted by molar-refractivity contribution is -0.131. The fraction of sp³-hybridized carbons (Fsp3) is 0.588. The lowest BCUT2D eigenvalue weighted by Gasteiger charge is -2.26. The maximum absolute atomic E-state index is 12.0. The molecule has 1 N–H and O–H groups in total. The first kappa shape index (κ1) is 15.0. The third-order valence-electron chi connectivity index (χ3n) is 4.11. The highest BCUT2D eigenvalue weighted by molar-refractivity contribution is 5.78. The summed E-state index contributed by atoms with van der Waals surface area (Å²) in [6.45, 7) is 5.52. The second-order valence-corrected chi connectivity index (χ2v) is 5.72. The molecule has 1 aliphatic rings. The minimum atomic E-state index is 0.261. The molecule has 0 aliphatic carbocycles. The molecule has 1 fully saturated rings. The van der Waals surface area contributed by atoms with Crippen molar-refractivity contribution in [2.75, 3.05) is 26.2 Å². The highest BCUT2D eigenvalue weighted by Gasteiger charge is 2.15. The molecular weight excluding hydrogens is 248 g/mol. The van der Waals surface area contributed by atoms with Crippen molar-refractivity contribution in [1.29, 1.82) is 0 Å². The van der Waals surface area contributed by atoms with E-state index >= 15 is 0 Å². The van der Waals surface area contributed by atoms with Crippen molar-refractivity contribution < 1.29 is 4.79 Å². The Kier molecular flexibility index (Phi) is 6.06. The molecular formula is C17H26N2O. The molecule has 1 atom stereocenters. The molecule has 1 heterocycles. The van der Waals surface area contributed by atoms with E-state index in [9.17, 15) is 4.79 Å². The number of likely N-dealkylation sites (tertiary alicyclic amines) is 1. The van der Waals surface area contributed by atoms with Crippen molar-refractivity contribution in [2.24, 2.45) is 0 Å². The Morgan fingerprint density at radius 2 is 1.90 bits per heavy atom. The van der Waals surface area contributed by atoms with E-state index in [-0.39, 0.29) is 5.91 Å². The highest BCUT2D eigenvalue weighted by atomic mass is 16.2. The molecule has 1 amide bonds. The lowest BCUT2D eigenvalue weighted by Crippen LogP contribution is -2.41. The van der Waals surface area contributed by atoms with Gasteiger partial charge in [0.15, 0.2) is 0 Å². The Balaban J connectivity index is 1.62. The summed E-state index contributed by atoms with van der Waals surface area (Å²) in [5.74, 6) is 0.797. The van der Waals surface area contributed by atoms with Crippen molar-refractivity contribution in [3.05, 3.63) is 35.9 Å². The molecule has 110 valence electrons. The van der Waals surface area contributed by atoms with Crippen LogP contribution in [0.4, 0.5) is 0 Å². The van der Waals surface area contributed by atoms with E-state index in [0.29, 0.717) is 12.5 Å². The number of piperidine rings is 1. The maximum Gasteiger partial charge on any atom is 0.236 e. The Hall–Kier alpha value is -1.35. The summed E-state index contributed by atoms with van der Waals surface area (Å²) < 4.78 is 0. The van der Waals surface area contributed by atoms with Crippen LogP contribution in [0.15, 0.2) is 30.3 Å². The molecule has 0 saturated carbocycles. The number of carbonyl (C=O) groups excluding carboxylic acids is 1. The summed E-state index contributed by atoms with van der Waals surface area (Å²) in [5, 5.41) is 3.29. The first-order valence-electron chi connectivity index (χ1n) is 7.81. The van der Waals surface area contributed by atoms with Gasteiger partial charge in [0, 0.05) is 13.1 Å². The summed E-state index contributed by atoms with van der Waals surface area (Å²) in [6, 6.07) is 10.6. The van der Waals surface area contributed by atoms with E-state index in [4.69, 9.17) is 0 Å². The van der Waals surface area contributed by atoms with Gasteiger partial charge in [0.05, 0.1) is 6.54 Å². The Morgan fingerprint density at radius 1 is 1.20 bits per heavy atom. The van der Waals surface area contributed by atoms with Gasteiger partial charge in [-0.15, -0.1) is 0 Å². The Labute approximate surface area is 122 Å². The monoisotopic (exact) mass is 274 g/mol. The van der Waals surface area contributed by atoms with E-state index in [2.05, 4.69) is 36.5 Å². The molecule has 1 saturated heterocycles. The normalized spacial score (nSPS) is 16.9. The zero-order chi connectivity index (χ0) is 14.2. The van der Waals surface area contributed by atoms with Gasteiger partial charge in [-0.05, 0) is 43.7 Å². The third kappa shape index (κ3) is 4.64. The van der Waals surface area contributed by atoms with E-state index in [1.165, 1.54) is 12.0 Å². The third-order valence-corrected chi connectivity index (χ3v) is 4.11. The molecule has 0 aromatic heterocycles. The molecule has 2 rings (SSSR count). The van der Waals surface area contributed by atoms with Crippen molar-refractivity contribution in [3.63, 3.8) is 0 Å². The molecule has 0 spiro atoms. The summed E-state index contributed by atoms with van der Waals surface area (Å²) in [7, 11) is 0. The van der Waals surface area contributed by atoms with E-state index in [0.717, 1.165) is 38.9 Å². The van der Waals surface area contributed by atoms with Crippen LogP contribution in [0.1, 0.15) is 44.1 Å². The minimum Gasteiger partial charge on any atom is -0.342 e. The summed E-state index contributed by atoms with van der Waals surface area (Å²) in [4.78, 5) is 14.0. The first-order valence-corrected chi connectivity index (χ1v) is 7.81. The topological polar surface area (TPSA) is 32.3 Å². The summed E-state index contributed by atoms with van der Waals surface area (Å²) in [5.41, 5.74) is 1.37. The predicted octanol–water partition coefficient (Wildman–Crippen LogP) is 2.78. The minimum absolute atomic E-state index is 0.261. The van der Waals surface area contributed by atoms with Crippen molar-refractivity contribution in [3.8, 4) is 0 Å². The van der Waals surface area contributed by atoms with Crippen molar-refractivity contribution in [1.82, 2.24) is 10.2 Å². The maximum atomic E-state index is 12.0. The predicted molar refractivity (Wildman–Crippen MR) is 82.8 cm³/mol. The highest BCUT2D eigenvalue weighted by Crippen LogP contribution is 2.17. The summed E-state index contributed by atoms with van der Waals surface area (Å²) >= 11 is 0. The molecule has 3 heteroatoms. The van der Waals surface area contributed by atoms with Gasteiger partial charge in [0.25, 0.3) is 0 Å². The van der Waals surface area contributed by atoms with Gasteiger partial charge in [-0.3, -0.25) is 4.79 Å². The zero-order valence-electron chi connectivity index (χ0n) is 12.5. The molecule has 1 aromatic rings. The Morgan fingerprint density at radius 3 is 2.60 bits per heavy atom. The standard InChI is InChI=1S/C17H26N2O/c1-15(16-8-4-2-5-9-16)10-11-18-14-17(20)19-12-6-3-7-13-19/h2,4-5,8-9,15,18H,3,6-7,10-14H2,1H3. The van der Waals surface area contributed by atoms with Crippen molar-refractivity contribution in [2.45, 2.75) is 38.5 Å². The SMILES string of the molecule is CC(CCNCC(=O)N1CCCCC1)c1ccccc1. The van der Waals surface area contributed by atoms with Crippen LogP contribution in [0.5, 0.6) is 0 Å². The number of nitrogens with zero attached hydrogens (tertiary/aromatic N) is 1. The first-order chi connectivity index (χ1) is 9.77. The van der Waals surface area contributed by atoms with Crippen LogP contribution in [0.3, 0.4) is 0 Å². The van der Waals surface area contributed by atoms with Gasteiger partial charge in [0.2, 0.25) is 5.91 Å². The number of carbonyl (C=O) groups is 1. The van der Waals surface area contributed by atoms with Crippen molar-refractivity contribution >= 4 is 5.91 Å². The van der Waals surface area contributed by atoms with E-state index in [1.807, 2.05) is 11.0 Å². The molecule has 3 nitrogen and oxygen atoms in total. The van der Waals surface area contributed by atoms with Gasteiger partial charge in [-0.1, -0.05) is 37.3 Å². The fourth-order valence-electron chi connectivity index (χ4n) is 2.72. The fourth-order valence-corrected chi connectivity index (χ4v) is 2.72. The molecule has 1 aliphatic heterocycles. The zero-order valence-corrected chi connectivity index (χ0v) is 12.5. The van der Waals surface area contributed by atoms with Crippen LogP contribution in [0.2, 0.25) is 0 Å². The molecule has 1 unspecified atom stereocenters. The average Bonchev–Trinajstić information content (AvgIpc) is 2.53. The number of hydrogen-bond acceptors (Lipinski definition) is 2. The van der Waals surface area contributed by atoms with Crippen LogP contribution in [0.25, 0.3) is 0 Å². The van der Waals surface area contributed by atoms with Crippen LogP contribution in [-0.4, -0.2) is 37.0 Å². The molecule has 1 aromatic carbocycles. The lowest BCUT2D eigenvalue weighted by atomic mass is 9.98. The molecule has 0 radical (unpaired) electrons. The number of benzene rings is 1. The smallest absolute Gasteiger partial charge is 0.236 e. The Bertz CT molecular complexity index is 399. The average molecular weight is 274 g/mol. The summed E-state index contributed by atoms with van der Waals surface area (Å²) in [6.07, 6.45) is 4.66. The number of rotatable bonds is 6. The van der Waals surface area contributed by atoms with E-state index < -0.39 is 0 Å². The largest absolute Gasteiger partial charge is 0.342 e. The second-order valence-electron chi connectivity index (χ2n) is 5.72. The van der Waals surface area contributed by atoms with Crippen LogP contribution in [0, 0.1) is 0 Å². The van der Waals surface area contributed by atoms with Crippen LogP contribution >= 0.6 is 0 Å². The van der Waals surface area contributed by atoms with Gasteiger partial charge in [0.1, 0.15) is 0 Å². The van der Waals surface area contributed by atoms with Crippen LogP contribution in [-0.2, 0) is 4.79 Å². The van der Waals surface area contributed by atoms with E-state index in [1.54, 1.807) is 0 Å². The van der Waals surface area contributed by atoms with Crippen LogP contribution < -0.4 is 5.32 Å². The number of hydrogen-bond donors (Lipinski definition) is 1. The molecule has 0 bridgehead atoms. The van der Waals surface area contributed by atoms with Gasteiger partial charge in [-0.25, -0.2) is 0 Å². The van der Waals surface area contributed by atoms with Gasteiger partial charge < -0.3 is 10.2 Å². The number of nitrogens with one attached hydrogen (secondary N) is 1.